The number of amides is 1. The van der Waals surface area contributed by atoms with Gasteiger partial charge in [0.2, 0.25) is 0 Å². The van der Waals surface area contributed by atoms with Gasteiger partial charge in [-0.15, -0.1) is 0 Å². The molecule has 2 aromatic rings. The lowest BCUT2D eigenvalue weighted by Gasteiger charge is -2.31. The summed E-state index contributed by atoms with van der Waals surface area (Å²) in [6, 6.07) is 6.92. The number of aromatic nitrogens is 1. The zero-order valence-corrected chi connectivity index (χ0v) is 13.4. The number of nitro benzene ring substituents is 1. The fourth-order valence-electron chi connectivity index (χ4n) is 2.64. The lowest BCUT2D eigenvalue weighted by atomic mass is 9.97. The van der Waals surface area contributed by atoms with E-state index < -0.39 is 40.6 Å². The Bertz CT molecular complexity index is 933. The van der Waals surface area contributed by atoms with Gasteiger partial charge in [-0.3, -0.25) is 19.9 Å². The summed E-state index contributed by atoms with van der Waals surface area (Å²) in [5.41, 5.74) is -4.49. The minimum absolute atomic E-state index is 0.0284. The number of rotatable bonds is 3. The molecule has 1 N–H and O–H groups in total. The van der Waals surface area contributed by atoms with Gasteiger partial charge >= 0.3 is 6.18 Å². The van der Waals surface area contributed by atoms with Crippen molar-refractivity contribution in [2.24, 2.45) is 5.10 Å². The van der Waals surface area contributed by atoms with Gasteiger partial charge in [0, 0.05) is 35.7 Å². The summed E-state index contributed by atoms with van der Waals surface area (Å²) < 4.78 is 39.4. The molecule has 0 saturated carbocycles. The highest BCUT2D eigenvalue weighted by molar-refractivity contribution is 6.00. The first-order chi connectivity index (χ1) is 12.6. The molecule has 0 spiro atoms. The van der Waals surface area contributed by atoms with Gasteiger partial charge in [0.15, 0.2) is 5.72 Å². The van der Waals surface area contributed by atoms with Crippen molar-refractivity contribution < 1.29 is 28.0 Å². The maximum Gasteiger partial charge on any atom is 0.431 e. The molecule has 0 radical (unpaired) electrons. The van der Waals surface area contributed by atoms with Crippen molar-refractivity contribution in [3.05, 3.63) is 70.0 Å². The largest absolute Gasteiger partial charge is 0.431 e. The summed E-state index contributed by atoms with van der Waals surface area (Å²) in [6.45, 7) is 0. The van der Waals surface area contributed by atoms with Crippen molar-refractivity contribution in [1.82, 2.24) is 9.99 Å². The van der Waals surface area contributed by atoms with Crippen molar-refractivity contribution in [1.29, 1.82) is 0 Å². The number of nitro groups is 1. The van der Waals surface area contributed by atoms with Gasteiger partial charge in [0.25, 0.3) is 11.6 Å². The number of carbonyl (C=O) groups is 1. The molecule has 0 bridgehead atoms. The van der Waals surface area contributed by atoms with Gasteiger partial charge in [-0.25, -0.2) is 0 Å². The first-order valence-electron chi connectivity index (χ1n) is 7.49. The van der Waals surface area contributed by atoms with Crippen LogP contribution in [0.1, 0.15) is 22.3 Å². The van der Waals surface area contributed by atoms with Crippen molar-refractivity contribution in [2.75, 3.05) is 0 Å². The highest BCUT2D eigenvalue weighted by Gasteiger charge is 2.53. The normalized spacial score (nSPS) is 19.7. The van der Waals surface area contributed by atoms with E-state index in [9.17, 15) is 33.2 Å². The average molecular weight is 380 g/mol. The van der Waals surface area contributed by atoms with Gasteiger partial charge in [-0.2, -0.15) is 23.3 Å². The molecule has 0 fully saturated rings. The van der Waals surface area contributed by atoms with Crippen molar-refractivity contribution in [2.45, 2.75) is 18.3 Å². The molecule has 1 aromatic carbocycles. The van der Waals surface area contributed by atoms with Crippen LogP contribution in [0.5, 0.6) is 0 Å². The molecule has 1 unspecified atom stereocenters. The second-order valence-electron chi connectivity index (χ2n) is 5.70. The van der Waals surface area contributed by atoms with Crippen LogP contribution in [-0.2, 0) is 5.72 Å². The number of nitrogens with zero attached hydrogens (tertiary/aromatic N) is 4. The number of alkyl halides is 3. The topological polar surface area (TPSA) is 109 Å². The number of benzene rings is 1. The maximum atomic E-state index is 13.1. The molecular weight excluding hydrogens is 369 g/mol. The van der Waals surface area contributed by atoms with Crippen LogP contribution >= 0.6 is 0 Å². The fourth-order valence-corrected chi connectivity index (χ4v) is 2.64. The van der Waals surface area contributed by atoms with Gasteiger partial charge < -0.3 is 5.11 Å². The average Bonchev–Trinajstić information content (AvgIpc) is 3.01. The highest BCUT2D eigenvalue weighted by atomic mass is 19.4. The van der Waals surface area contributed by atoms with Crippen LogP contribution in [0.2, 0.25) is 0 Å². The molecule has 0 saturated heterocycles. The second kappa shape index (κ2) is 6.43. The Morgan fingerprint density at radius 2 is 1.93 bits per heavy atom. The Balaban J connectivity index is 2.08. The lowest BCUT2D eigenvalue weighted by Crippen LogP contribution is -2.43. The fraction of sp³-hybridized carbons (Fsp3) is 0.188. The third-order valence-electron chi connectivity index (χ3n) is 3.95. The van der Waals surface area contributed by atoms with E-state index in [0.717, 1.165) is 12.1 Å². The van der Waals surface area contributed by atoms with Gasteiger partial charge in [0.05, 0.1) is 11.3 Å². The van der Waals surface area contributed by atoms with Crippen LogP contribution in [0, 0.1) is 10.1 Å². The van der Waals surface area contributed by atoms with Gasteiger partial charge in [0.1, 0.15) is 5.71 Å². The van der Waals surface area contributed by atoms with Crippen LogP contribution in [-0.4, -0.2) is 37.8 Å². The molecule has 1 aliphatic rings. The Kier molecular flexibility index (Phi) is 4.39. The minimum Gasteiger partial charge on any atom is -0.365 e. The van der Waals surface area contributed by atoms with Gasteiger partial charge in [-0.05, 0) is 18.2 Å². The van der Waals surface area contributed by atoms with E-state index in [2.05, 4.69) is 10.1 Å². The number of pyridine rings is 1. The SMILES string of the molecule is O=C(c1cccc([N+](=O)[O-])c1)N1N=C(C(F)(F)F)CC1(O)c1ccncc1. The first kappa shape index (κ1) is 18.5. The second-order valence-corrected chi connectivity index (χ2v) is 5.70. The van der Waals surface area contributed by atoms with Crippen molar-refractivity contribution in [3.8, 4) is 0 Å². The summed E-state index contributed by atoms with van der Waals surface area (Å²) >= 11 is 0. The van der Waals surface area contributed by atoms with E-state index in [1.807, 2.05) is 0 Å². The molecule has 8 nitrogen and oxygen atoms in total. The van der Waals surface area contributed by atoms with Crippen LogP contribution in [0.25, 0.3) is 0 Å². The molecule has 140 valence electrons. The molecule has 1 aliphatic heterocycles. The lowest BCUT2D eigenvalue weighted by molar-refractivity contribution is -0.384. The van der Waals surface area contributed by atoms with E-state index in [0.29, 0.717) is 5.01 Å². The Morgan fingerprint density at radius 1 is 1.26 bits per heavy atom. The third kappa shape index (κ3) is 3.36. The summed E-state index contributed by atoms with van der Waals surface area (Å²) in [4.78, 5) is 26.6. The molecular formula is C16H11F3N4O4. The molecule has 3 rings (SSSR count). The number of hydrogen-bond acceptors (Lipinski definition) is 6. The van der Waals surface area contributed by atoms with Crippen LogP contribution < -0.4 is 0 Å². The monoisotopic (exact) mass is 380 g/mol. The number of hydrogen-bond donors (Lipinski definition) is 1. The molecule has 2 heterocycles. The number of halogens is 3. The molecule has 1 atom stereocenters. The highest BCUT2D eigenvalue weighted by Crippen LogP contribution is 2.40. The molecule has 27 heavy (non-hydrogen) atoms. The van der Waals surface area contributed by atoms with Crippen LogP contribution in [0.3, 0.4) is 0 Å². The standard InChI is InChI=1S/C16H11F3N4O4/c17-16(18,19)13-9-15(25,11-4-6-20-7-5-11)22(21-13)14(24)10-2-1-3-12(8-10)23(26)27/h1-8,25H,9H2. The quantitative estimate of drug-likeness (QED) is 0.650. The first-order valence-corrected chi connectivity index (χ1v) is 7.49. The summed E-state index contributed by atoms with van der Waals surface area (Å²) in [5.74, 6) is -1.11. The summed E-state index contributed by atoms with van der Waals surface area (Å²) in [6.07, 6.45) is -3.36. The zero-order chi connectivity index (χ0) is 19.8. The van der Waals surface area contributed by atoms with Crippen LogP contribution in [0.15, 0.2) is 53.9 Å². The van der Waals surface area contributed by atoms with Gasteiger partial charge in [-0.1, -0.05) is 6.07 Å². The molecule has 1 aromatic heterocycles. The van der Waals surface area contributed by atoms with Crippen molar-refractivity contribution >= 4 is 17.3 Å². The van der Waals surface area contributed by atoms with Crippen LogP contribution in [0.4, 0.5) is 18.9 Å². The van der Waals surface area contributed by atoms with E-state index in [-0.39, 0.29) is 11.1 Å². The maximum absolute atomic E-state index is 13.1. The summed E-state index contributed by atoms with van der Waals surface area (Å²) in [7, 11) is 0. The molecule has 1 amide bonds. The number of aliphatic hydroxyl groups is 1. The van der Waals surface area contributed by atoms with Crippen molar-refractivity contribution in [3.63, 3.8) is 0 Å². The number of non-ortho nitro benzene ring substituents is 1. The molecule has 11 heteroatoms. The van der Waals surface area contributed by atoms with E-state index in [1.165, 1.54) is 36.7 Å². The summed E-state index contributed by atoms with van der Waals surface area (Å²) in [5, 5.41) is 25.3. The minimum atomic E-state index is -4.86. The zero-order valence-electron chi connectivity index (χ0n) is 13.4. The Morgan fingerprint density at radius 3 is 2.52 bits per heavy atom. The van der Waals surface area contributed by atoms with E-state index >= 15 is 0 Å². The smallest absolute Gasteiger partial charge is 0.365 e. The number of hydrazone groups is 1. The Labute approximate surface area is 149 Å². The molecule has 0 aliphatic carbocycles. The third-order valence-corrected chi connectivity index (χ3v) is 3.95. The Hall–Kier alpha value is -3.34. The van der Waals surface area contributed by atoms with E-state index in [1.54, 1.807) is 0 Å². The predicted molar refractivity (Wildman–Crippen MR) is 85.5 cm³/mol. The predicted octanol–water partition coefficient (Wildman–Crippen LogP) is 2.60. The number of carbonyl (C=O) groups excluding carboxylic acids is 1. The van der Waals surface area contributed by atoms with E-state index in [4.69, 9.17) is 0 Å².